The first-order valence-electron chi connectivity index (χ1n) is 5.62. The van der Waals surface area contributed by atoms with Gasteiger partial charge >= 0.3 is 0 Å². The first-order chi connectivity index (χ1) is 8.27. The van der Waals surface area contributed by atoms with E-state index < -0.39 is 0 Å². The predicted octanol–water partition coefficient (Wildman–Crippen LogP) is 3.69. The Morgan fingerprint density at radius 2 is 2.24 bits per heavy atom. The molecule has 1 unspecified atom stereocenters. The second-order valence-corrected chi connectivity index (χ2v) is 5.05. The van der Waals surface area contributed by atoms with Crippen molar-refractivity contribution in [3.05, 3.63) is 51.4 Å². The van der Waals surface area contributed by atoms with Gasteiger partial charge in [0.15, 0.2) is 0 Å². The Balaban J connectivity index is 1.85. The molecule has 0 saturated heterocycles. The van der Waals surface area contributed by atoms with Crippen LogP contribution in [0.4, 0.5) is 0 Å². The van der Waals surface area contributed by atoms with Crippen LogP contribution in [0.25, 0.3) is 0 Å². The Labute approximate surface area is 111 Å². The van der Waals surface area contributed by atoms with Crippen molar-refractivity contribution >= 4 is 22.9 Å². The Hall–Kier alpha value is -0.900. The van der Waals surface area contributed by atoms with Gasteiger partial charge in [-0.1, -0.05) is 29.8 Å². The Bertz CT molecular complexity index is 456. The van der Waals surface area contributed by atoms with E-state index in [1.165, 1.54) is 0 Å². The summed E-state index contributed by atoms with van der Waals surface area (Å²) in [6.45, 7) is 3.04. The molecule has 0 aliphatic heterocycles. The van der Waals surface area contributed by atoms with Gasteiger partial charge in [-0.25, -0.2) is 4.98 Å². The van der Waals surface area contributed by atoms with Crippen molar-refractivity contribution in [2.45, 2.75) is 19.4 Å². The second-order valence-electron chi connectivity index (χ2n) is 3.93. The molecule has 1 atom stereocenters. The molecule has 2 aromatic rings. The maximum atomic E-state index is 6.15. The van der Waals surface area contributed by atoms with E-state index >= 15 is 0 Å². The lowest BCUT2D eigenvalue weighted by Crippen LogP contribution is -2.21. The average Bonchev–Trinajstić information content (AvgIpc) is 2.82. The minimum Gasteiger partial charge on any atom is -0.310 e. The lowest BCUT2D eigenvalue weighted by Gasteiger charge is -2.15. The van der Waals surface area contributed by atoms with Gasteiger partial charge in [0.1, 0.15) is 0 Å². The molecule has 0 aliphatic carbocycles. The molecule has 0 bridgehead atoms. The molecule has 0 spiro atoms. The maximum Gasteiger partial charge on any atom is 0.0794 e. The van der Waals surface area contributed by atoms with Crippen LogP contribution >= 0.6 is 22.9 Å². The number of hydrogen-bond acceptors (Lipinski definition) is 3. The predicted molar refractivity (Wildman–Crippen MR) is 73.7 cm³/mol. The van der Waals surface area contributed by atoms with Crippen LogP contribution in [0.1, 0.15) is 24.2 Å². The standard InChI is InChI=1S/C13H15ClN2S/c1-10(12-4-2-3-5-13(12)14)15-7-6-11-8-17-9-16-11/h2-5,8-10,15H,6-7H2,1H3. The Morgan fingerprint density at radius 1 is 1.41 bits per heavy atom. The summed E-state index contributed by atoms with van der Waals surface area (Å²) in [7, 11) is 0. The maximum absolute atomic E-state index is 6.15. The first kappa shape index (κ1) is 12.6. The van der Waals surface area contributed by atoms with Gasteiger partial charge in [-0.2, -0.15) is 0 Å². The zero-order valence-electron chi connectivity index (χ0n) is 9.69. The molecule has 1 aromatic heterocycles. The highest BCUT2D eigenvalue weighted by Gasteiger charge is 2.07. The van der Waals surface area contributed by atoms with E-state index in [1.54, 1.807) is 11.3 Å². The molecule has 2 rings (SSSR count). The lowest BCUT2D eigenvalue weighted by molar-refractivity contribution is 0.574. The summed E-state index contributed by atoms with van der Waals surface area (Å²) >= 11 is 7.78. The molecule has 0 amide bonds. The van der Waals surface area contributed by atoms with Gasteiger partial charge in [-0.3, -0.25) is 0 Å². The highest BCUT2D eigenvalue weighted by Crippen LogP contribution is 2.21. The number of hydrogen-bond donors (Lipinski definition) is 1. The molecule has 1 heterocycles. The quantitative estimate of drug-likeness (QED) is 0.893. The zero-order chi connectivity index (χ0) is 12.1. The van der Waals surface area contributed by atoms with Gasteiger partial charge in [0.25, 0.3) is 0 Å². The number of nitrogens with zero attached hydrogens (tertiary/aromatic N) is 1. The molecule has 0 aliphatic rings. The molecule has 0 fully saturated rings. The smallest absolute Gasteiger partial charge is 0.0794 e. The second kappa shape index (κ2) is 6.15. The normalized spacial score (nSPS) is 12.6. The van der Waals surface area contributed by atoms with Crippen LogP contribution in [0.2, 0.25) is 5.02 Å². The molecule has 1 aromatic carbocycles. The molecule has 0 saturated carbocycles. The van der Waals surface area contributed by atoms with E-state index in [9.17, 15) is 0 Å². The summed E-state index contributed by atoms with van der Waals surface area (Å²) in [4.78, 5) is 4.26. The summed E-state index contributed by atoms with van der Waals surface area (Å²) in [5.41, 5.74) is 4.16. The van der Waals surface area contributed by atoms with E-state index in [1.807, 2.05) is 23.7 Å². The molecule has 1 N–H and O–H groups in total. The minimum atomic E-state index is 0.266. The van der Waals surface area contributed by atoms with Gasteiger partial charge in [-0.05, 0) is 18.6 Å². The van der Waals surface area contributed by atoms with Crippen molar-refractivity contribution in [2.75, 3.05) is 6.54 Å². The molecule has 0 radical (unpaired) electrons. The van der Waals surface area contributed by atoms with E-state index in [0.29, 0.717) is 0 Å². The summed E-state index contributed by atoms with van der Waals surface area (Å²) in [6, 6.07) is 8.22. The van der Waals surface area contributed by atoms with Gasteiger partial charge in [0, 0.05) is 29.4 Å². The lowest BCUT2D eigenvalue weighted by atomic mass is 10.1. The zero-order valence-corrected chi connectivity index (χ0v) is 11.3. The van der Waals surface area contributed by atoms with Crippen molar-refractivity contribution in [3.63, 3.8) is 0 Å². The van der Waals surface area contributed by atoms with Gasteiger partial charge in [0.2, 0.25) is 0 Å². The van der Waals surface area contributed by atoms with E-state index in [4.69, 9.17) is 11.6 Å². The van der Waals surface area contributed by atoms with E-state index in [0.717, 1.165) is 29.2 Å². The summed E-state index contributed by atoms with van der Waals surface area (Å²) < 4.78 is 0. The molecule has 17 heavy (non-hydrogen) atoms. The molecule has 90 valence electrons. The monoisotopic (exact) mass is 266 g/mol. The number of rotatable bonds is 5. The number of halogens is 1. The van der Waals surface area contributed by atoms with E-state index in [2.05, 4.69) is 28.7 Å². The van der Waals surface area contributed by atoms with Crippen molar-refractivity contribution in [3.8, 4) is 0 Å². The number of nitrogens with one attached hydrogen (secondary N) is 1. The van der Waals surface area contributed by atoms with Crippen LogP contribution in [0, 0.1) is 0 Å². The van der Waals surface area contributed by atoms with Crippen LogP contribution in [0.5, 0.6) is 0 Å². The van der Waals surface area contributed by atoms with Gasteiger partial charge in [0.05, 0.1) is 11.2 Å². The average molecular weight is 267 g/mol. The fourth-order valence-corrected chi connectivity index (χ4v) is 2.61. The van der Waals surface area contributed by atoms with Crippen molar-refractivity contribution in [2.24, 2.45) is 0 Å². The van der Waals surface area contributed by atoms with Crippen LogP contribution in [0.3, 0.4) is 0 Å². The van der Waals surface area contributed by atoms with Crippen molar-refractivity contribution < 1.29 is 0 Å². The van der Waals surface area contributed by atoms with Gasteiger partial charge < -0.3 is 5.32 Å². The largest absolute Gasteiger partial charge is 0.310 e. The summed E-state index contributed by atoms with van der Waals surface area (Å²) in [6.07, 6.45) is 0.957. The van der Waals surface area contributed by atoms with Gasteiger partial charge in [-0.15, -0.1) is 11.3 Å². The number of benzene rings is 1. The fourth-order valence-electron chi connectivity index (χ4n) is 1.71. The third-order valence-electron chi connectivity index (χ3n) is 2.69. The van der Waals surface area contributed by atoms with Crippen molar-refractivity contribution in [1.29, 1.82) is 0 Å². The van der Waals surface area contributed by atoms with Crippen LogP contribution in [0.15, 0.2) is 35.2 Å². The number of aromatic nitrogens is 1. The Morgan fingerprint density at radius 3 is 2.94 bits per heavy atom. The third-order valence-corrected chi connectivity index (χ3v) is 3.67. The van der Waals surface area contributed by atoms with Crippen LogP contribution in [-0.4, -0.2) is 11.5 Å². The van der Waals surface area contributed by atoms with E-state index in [-0.39, 0.29) is 6.04 Å². The molecular formula is C13H15ClN2S. The minimum absolute atomic E-state index is 0.266. The van der Waals surface area contributed by atoms with Crippen molar-refractivity contribution in [1.82, 2.24) is 10.3 Å². The Kier molecular flexibility index (Phi) is 4.54. The summed E-state index contributed by atoms with van der Waals surface area (Å²) in [5.74, 6) is 0. The molecule has 2 nitrogen and oxygen atoms in total. The SMILES string of the molecule is CC(NCCc1cscn1)c1ccccc1Cl. The van der Waals surface area contributed by atoms with Crippen LogP contribution in [-0.2, 0) is 6.42 Å². The highest BCUT2D eigenvalue weighted by molar-refractivity contribution is 7.07. The first-order valence-corrected chi connectivity index (χ1v) is 6.94. The third kappa shape index (κ3) is 3.53. The molecular weight excluding hydrogens is 252 g/mol. The number of thiazole rings is 1. The highest BCUT2D eigenvalue weighted by atomic mass is 35.5. The fraction of sp³-hybridized carbons (Fsp3) is 0.308. The summed E-state index contributed by atoms with van der Waals surface area (Å²) in [5, 5.41) is 6.36. The molecule has 4 heteroatoms. The van der Waals surface area contributed by atoms with Crippen LogP contribution < -0.4 is 5.32 Å². The topological polar surface area (TPSA) is 24.9 Å².